The maximum Gasteiger partial charge on any atom is 0.510 e. The van der Waals surface area contributed by atoms with Crippen molar-refractivity contribution in [1.82, 2.24) is 0 Å². The van der Waals surface area contributed by atoms with Crippen molar-refractivity contribution >= 4 is 58.5 Å². The predicted molar refractivity (Wildman–Crippen MR) is 117 cm³/mol. The number of benzene rings is 1. The van der Waals surface area contributed by atoms with Crippen molar-refractivity contribution in [2.75, 3.05) is 6.61 Å². The monoisotopic (exact) mass is 504 g/mol. The number of esters is 1. The molecule has 2 aliphatic rings. The summed E-state index contributed by atoms with van der Waals surface area (Å²) in [6, 6.07) is 8.42. The SMILES string of the molecule is CC(C)=C(C(=O)OCc1ccccc1)C1=[N+]([O-])C2OC(COC(=O)OC(Cl)C(Cl)Cl)=NC12. The van der Waals surface area contributed by atoms with E-state index < -0.39 is 41.4 Å². The number of halogens is 3. The highest BCUT2D eigenvalue weighted by atomic mass is 35.5. The molecule has 0 N–H and O–H groups in total. The number of carbonyl (C=O) groups is 2. The van der Waals surface area contributed by atoms with Crippen LogP contribution in [0.5, 0.6) is 0 Å². The van der Waals surface area contributed by atoms with Crippen molar-refractivity contribution in [1.29, 1.82) is 0 Å². The number of ether oxygens (including phenoxy) is 4. The van der Waals surface area contributed by atoms with E-state index in [9.17, 15) is 14.8 Å². The summed E-state index contributed by atoms with van der Waals surface area (Å²) in [6.45, 7) is 3.03. The Labute approximate surface area is 198 Å². The van der Waals surface area contributed by atoms with Gasteiger partial charge in [-0.25, -0.2) is 14.6 Å². The van der Waals surface area contributed by atoms with Gasteiger partial charge in [-0.05, 0) is 19.4 Å². The van der Waals surface area contributed by atoms with Gasteiger partial charge in [0.2, 0.25) is 23.2 Å². The number of allylic oxidation sites excluding steroid dienone is 1. The Morgan fingerprint density at radius 3 is 2.47 bits per heavy atom. The van der Waals surface area contributed by atoms with Crippen LogP contribution in [0.25, 0.3) is 0 Å². The molecule has 0 fully saturated rings. The van der Waals surface area contributed by atoms with Crippen LogP contribution in [-0.2, 0) is 30.3 Å². The maximum atomic E-state index is 12.7. The second-order valence-electron chi connectivity index (χ2n) is 6.97. The second kappa shape index (κ2) is 10.4. The minimum absolute atomic E-state index is 0.0158. The average molecular weight is 506 g/mol. The number of hydroxylamine groups is 1. The van der Waals surface area contributed by atoms with Crippen LogP contribution in [0.4, 0.5) is 4.79 Å². The van der Waals surface area contributed by atoms with Gasteiger partial charge in [0.05, 0.1) is 0 Å². The lowest BCUT2D eigenvalue weighted by atomic mass is 9.93. The van der Waals surface area contributed by atoms with Gasteiger partial charge in [-0.1, -0.05) is 70.7 Å². The fourth-order valence-corrected chi connectivity index (χ4v) is 3.17. The van der Waals surface area contributed by atoms with Crippen molar-refractivity contribution in [2.45, 2.75) is 43.1 Å². The molecule has 9 nitrogen and oxygen atoms in total. The van der Waals surface area contributed by atoms with Crippen molar-refractivity contribution in [3.8, 4) is 0 Å². The molecule has 0 amide bonds. The summed E-state index contributed by atoms with van der Waals surface area (Å²) < 4.78 is 20.8. The Balaban J connectivity index is 1.62. The number of hydrogen-bond acceptors (Lipinski definition) is 8. The zero-order chi connectivity index (χ0) is 23.4. The van der Waals surface area contributed by atoms with E-state index in [1.807, 2.05) is 30.3 Å². The first-order valence-electron chi connectivity index (χ1n) is 9.40. The summed E-state index contributed by atoms with van der Waals surface area (Å²) in [6.07, 6.45) is -2.11. The van der Waals surface area contributed by atoms with Crippen LogP contribution in [0.2, 0.25) is 0 Å². The van der Waals surface area contributed by atoms with Crippen molar-refractivity contribution in [2.24, 2.45) is 4.99 Å². The molecule has 1 aromatic carbocycles. The Hall–Kier alpha value is -2.49. The molecule has 12 heteroatoms. The van der Waals surface area contributed by atoms with Crippen LogP contribution in [0, 0.1) is 5.21 Å². The van der Waals surface area contributed by atoms with Gasteiger partial charge in [0, 0.05) is 0 Å². The first-order valence-corrected chi connectivity index (χ1v) is 10.7. The number of hydrogen-bond donors (Lipinski definition) is 0. The molecule has 3 unspecified atom stereocenters. The highest BCUT2D eigenvalue weighted by molar-refractivity contribution is 6.48. The Bertz CT molecular complexity index is 975. The lowest BCUT2D eigenvalue weighted by Gasteiger charge is -2.29. The van der Waals surface area contributed by atoms with Crippen molar-refractivity contribution in [3.05, 3.63) is 52.2 Å². The van der Waals surface area contributed by atoms with E-state index in [4.69, 9.17) is 49.0 Å². The first-order chi connectivity index (χ1) is 15.2. The third-order valence-corrected chi connectivity index (χ3v) is 5.51. The van der Waals surface area contributed by atoms with Gasteiger partial charge < -0.3 is 24.2 Å². The molecule has 2 heterocycles. The third kappa shape index (κ3) is 5.46. The highest BCUT2D eigenvalue weighted by Crippen LogP contribution is 2.30. The molecule has 0 aromatic heterocycles. The smallest absolute Gasteiger partial charge is 0.510 e. The summed E-state index contributed by atoms with van der Waals surface area (Å²) >= 11 is 16.6. The van der Waals surface area contributed by atoms with E-state index in [0.29, 0.717) is 10.3 Å². The number of aliphatic imine (C=N–C) groups is 1. The highest BCUT2D eigenvalue weighted by Gasteiger charge is 2.56. The van der Waals surface area contributed by atoms with Crippen LogP contribution >= 0.6 is 34.8 Å². The van der Waals surface area contributed by atoms with E-state index in [2.05, 4.69) is 9.73 Å². The van der Waals surface area contributed by atoms with Crippen LogP contribution in [0.3, 0.4) is 0 Å². The fourth-order valence-electron chi connectivity index (χ4n) is 3.00. The van der Waals surface area contributed by atoms with Crippen LogP contribution in [-0.4, -0.2) is 57.7 Å². The molecule has 32 heavy (non-hydrogen) atoms. The number of nitrogens with zero attached hydrogens (tertiary/aromatic N) is 2. The Kier molecular flexibility index (Phi) is 7.86. The number of carbonyl (C=O) groups excluding carboxylic acids is 2. The summed E-state index contributed by atoms with van der Waals surface area (Å²) in [5.41, 5.74) is 0.357. The van der Waals surface area contributed by atoms with Crippen molar-refractivity contribution < 1.29 is 33.3 Å². The van der Waals surface area contributed by atoms with Gasteiger partial charge in [0.25, 0.3) is 0 Å². The lowest BCUT2D eigenvalue weighted by Crippen LogP contribution is -2.54. The molecule has 2 aliphatic heterocycles. The van der Waals surface area contributed by atoms with E-state index in [1.54, 1.807) is 13.8 Å². The molecule has 0 radical (unpaired) electrons. The molecule has 0 aliphatic carbocycles. The number of rotatable bonds is 8. The molecule has 0 saturated heterocycles. The molecular weight excluding hydrogens is 487 g/mol. The van der Waals surface area contributed by atoms with Gasteiger partial charge in [0.1, 0.15) is 12.2 Å². The molecule has 0 spiro atoms. The van der Waals surface area contributed by atoms with Gasteiger partial charge >= 0.3 is 18.4 Å². The zero-order valence-electron chi connectivity index (χ0n) is 17.0. The van der Waals surface area contributed by atoms with Crippen molar-refractivity contribution in [3.63, 3.8) is 0 Å². The Morgan fingerprint density at radius 2 is 1.84 bits per heavy atom. The van der Waals surface area contributed by atoms with Crippen LogP contribution in [0.1, 0.15) is 19.4 Å². The fraction of sp³-hybridized carbons (Fsp3) is 0.400. The largest absolute Gasteiger partial charge is 0.621 e. The molecule has 3 rings (SSSR count). The predicted octanol–water partition coefficient (Wildman–Crippen LogP) is 3.68. The maximum absolute atomic E-state index is 12.7. The quantitative estimate of drug-likeness (QED) is 0.174. The lowest BCUT2D eigenvalue weighted by molar-refractivity contribution is -0.573. The molecule has 3 atom stereocenters. The topological polar surface area (TPSA) is 109 Å². The van der Waals surface area contributed by atoms with E-state index >= 15 is 0 Å². The second-order valence-corrected chi connectivity index (χ2v) is 8.56. The van der Waals surface area contributed by atoms with Gasteiger partial charge in [0.15, 0.2) is 11.4 Å². The molecule has 0 saturated carbocycles. The standard InChI is InChI=1S/C20H19Cl3N2O7/c1-10(2)13(19(26)29-8-11-6-4-3-5-7-11)15-14-18(25(15)28)31-12(24-14)9-30-20(27)32-17(23)16(21)22/h3-7,14,16-18H,8-9H2,1-2H3. The van der Waals surface area contributed by atoms with E-state index in [1.165, 1.54) is 0 Å². The summed E-state index contributed by atoms with van der Waals surface area (Å²) in [7, 11) is 0. The zero-order valence-corrected chi connectivity index (χ0v) is 19.3. The summed E-state index contributed by atoms with van der Waals surface area (Å²) in [5, 5.41) is 12.5. The molecule has 1 aromatic rings. The van der Waals surface area contributed by atoms with Crippen LogP contribution < -0.4 is 0 Å². The minimum Gasteiger partial charge on any atom is -0.621 e. The normalized spacial score (nSPS) is 19.9. The summed E-state index contributed by atoms with van der Waals surface area (Å²) in [4.78, 5) is 27.4. The molecule has 172 valence electrons. The Morgan fingerprint density at radius 1 is 1.16 bits per heavy atom. The van der Waals surface area contributed by atoms with E-state index in [-0.39, 0.29) is 23.8 Å². The van der Waals surface area contributed by atoms with Crippen LogP contribution in [0.15, 0.2) is 46.5 Å². The summed E-state index contributed by atoms with van der Waals surface area (Å²) in [5.74, 6) is -0.658. The average Bonchev–Trinajstić information content (AvgIpc) is 3.14. The van der Waals surface area contributed by atoms with Gasteiger partial charge in [-0.2, -0.15) is 4.74 Å². The number of alkyl halides is 3. The van der Waals surface area contributed by atoms with E-state index in [0.717, 1.165) is 5.56 Å². The molecular formula is C20H19Cl3N2O7. The van der Waals surface area contributed by atoms with Gasteiger partial charge in [-0.3, -0.25) is 0 Å². The number of fused-ring (bicyclic) bond motifs is 1. The molecule has 0 bridgehead atoms. The van der Waals surface area contributed by atoms with Gasteiger partial charge in [-0.15, -0.1) is 0 Å². The third-order valence-electron chi connectivity index (χ3n) is 4.45. The first kappa shape index (κ1) is 24.2. The minimum atomic E-state index is -1.30.